The van der Waals surface area contributed by atoms with Crippen molar-refractivity contribution >= 4 is 23.2 Å². The first-order valence-corrected chi connectivity index (χ1v) is 12.1. The summed E-state index contributed by atoms with van der Waals surface area (Å²) in [7, 11) is 1.96. The third kappa shape index (κ3) is 5.70. The molecule has 0 spiro atoms. The number of aromatic nitrogens is 1. The van der Waals surface area contributed by atoms with Crippen LogP contribution >= 0.6 is 0 Å². The van der Waals surface area contributed by atoms with Gasteiger partial charge in [-0.2, -0.15) is 0 Å². The molecule has 3 aliphatic heterocycles. The van der Waals surface area contributed by atoms with E-state index in [1.54, 1.807) is 4.90 Å². The van der Waals surface area contributed by atoms with Gasteiger partial charge < -0.3 is 26.6 Å². The van der Waals surface area contributed by atoms with Gasteiger partial charge in [0, 0.05) is 39.3 Å². The second-order valence-electron chi connectivity index (χ2n) is 9.45. The number of piperazine rings is 1. The lowest BCUT2D eigenvalue weighted by Gasteiger charge is -2.39. The van der Waals surface area contributed by atoms with Crippen molar-refractivity contribution in [2.45, 2.75) is 37.4 Å². The SMILES string of the molecule is CN1CCC[C@@H]1C(=O)N1CCN(c2c(F)cncc2NC(=O)C(C(N)N)C2NCC(F)CN2)CC1. The summed E-state index contributed by atoms with van der Waals surface area (Å²) in [5, 5.41) is 8.52. The number of amides is 2. The molecule has 4 heterocycles. The smallest absolute Gasteiger partial charge is 0.240 e. The van der Waals surface area contributed by atoms with E-state index < -0.39 is 36.1 Å². The minimum atomic E-state index is -1.08. The molecule has 4 rings (SSSR count). The molecule has 0 bridgehead atoms. The maximum Gasteiger partial charge on any atom is 0.240 e. The number of rotatable bonds is 6. The summed E-state index contributed by atoms with van der Waals surface area (Å²) >= 11 is 0. The minimum Gasteiger partial charge on any atom is -0.364 e. The van der Waals surface area contributed by atoms with E-state index in [0.717, 1.165) is 25.6 Å². The zero-order valence-electron chi connectivity index (χ0n) is 19.9. The molecule has 2 amide bonds. The Morgan fingerprint density at radius 1 is 1.14 bits per heavy atom. The molecule has 3 saturated heterocycles. The van der Waals surface area contributed by atoms with Gasteiger partial charge in [-0.05, 0) is 26.4 Å². The van der Waals surface area contributed by atoms with Crippen LogP contribution in [-0.4, -0.2) is 104 Å². The van der Waals surface area contributed by atoms with E-state index in [4.69, 9.17) is 11.5 Å². The van der Waals surface area contributed by atoms with Gasteiger partial charge in [0.2, 0.25) is 11.8 Å². The van der Waals surface area contributed by atoms with Crippen molar-refractivity contribution in [3.05, 3.63) is 18.2 Å². The highest BCUT2D eigenvalue weighted by atomic mass is 19.1. The molecule has 0 aliphatic carbocycles. The highest BCUT2D eigenvalue weighted by Gasteiger charge is 2.36. The van der Waals surface area contributed by atoms with Crippen LogP contribution in [0.1, 0.15) is 12.8 Å². The maximum absolute atomic E-state index is 14.9. The van der Waals surface area contributed by atoms with Gasteiger partial charge >= 0.3 is 0 Å². The Kier molecular flexibility index (Phi) is 8.12. The molecule has 11 nitrogen and oxygen atoms in total. The van der Waals surface area contributed by atoms with Crippen LogP contribution in [0.25, 0.3) is 0 Å². The summed E-state index contributed by atoms with van der Waals surface area (Å²) in [6.45, 7) is 2.78. The minimum absolute atomic E-state index is 0.0700. The topological polar surface area (TPSA) is 145 Å². The van der Waals surface area contributed by atoms with Gasteiger partial charge in [0.15, 0.2) is 5.82 Å². The number of halogens is 2. The molecule has 3 fully saturated rings. The molecule has 2 atom stereocenters. The number of alkyl halides is 1. The predicted octanol–water partition coefficient (Wildman–Crippen LogP) is -1.38. The number of anilines is 2. The lowest BCUT2D eigenvalue weighted by molar-refractivity contribution is -0.135. The summed E-state index contributed by atoms with van der Waals surface area (Å²) < 4.78 is 28.4. The van der Waals surface area contributed by atoms with Crippen LogP contribution < -0.4 is 32.3 Å². The standard InChI is InChI=1S/C22H35F2N9O2/c1-31-4-2-3-16(31)22(35)33-7-5-32(6-8-33)18-14(24)11-27-12-15(18)30-21(34)17(19(25)26)20-28-9-13(23)10-29-20/h11-13,16-17,19-20,28-29H,2-10,25-26H2,1H3,(H,30,34)/t13?,16-,17?,20?/m1/s1. The summed E-state index contributed by atoms with van der Waals surface area (Å²) in [6, 6.07) is -0.0962. The number of carbonyl (C=O) groups excluding carboxylic acids is 2. The highest BCUT2D eigenvalue weighted by Crippen LogP contribution is 2.30. The second-order valence-corrected chi connectivity index (χ2v) is 9.45. The van der Waals surface area contributed by atoms with Crippen molar-refractivity contribution < 1.29 is 18.4 Å². The van der Waals surface area contributed by atoms with Crippen LogP contribution in [0.3, 0.4) is 0 Å². The molecule has 0 radical (unpaired) electrons. The zero-order chi connectivity index (χ0) is 25.1. The van der Waals surface area contributed by atoms with Gasteiger partial charge in [-0.15, -0.1) is 0 Å². The number of carbonyl (C=O) groups is 2. The normalized spacial score (nSPS) is 26.7. The largest absolute Gasteiger partial charge is 0.364 e. The van der Waals surface area contributed by atoms with Crippen LogP contribution in [-0.2, 0) is 9.59 Å². The highest BCUT2D eigenvalue weighted by molar-refractivity contribution is 5.96. The summed E-state index contributed by atoms with van der Waals surface area (Å²) in [4.78, 5) is 35.6. The van der Waals surface area contributed by atoms with Crippen molar-refractivity contribution in [1.82, 2.24) is 25.4 Å². The Balaban J connectivity index is 1.44. The van der Waals surface area contributed by atoms with E-state index in [9.17, 15) is 18.4 Å². The van der Waals surface area contributed by atoms with E-state index >= 15 is 0 Å². The van der Waals surface area contributed by atoms with Crippen LogP contribution in [0.4, 0.5) is 20.2 Å². The third-order valence-electron chi connectivity index (χ3n) is 7.04. The Morgan fingerprint density at radius 2 is 1.83 bits per heavy atom. The Bertz CT molecular complexity index is 905. The Labute approximate surface area is 203 Å². The van der Waals surface area contributed by atoms with Gasteiger partial charge in [-0.3, -0.25) is 30.1 Å². The molecule has 3 aliphatic rings. The lowest BCUT2D eigenvalue weighted by Crippen LogP contribution is -2.64. The fraction of sp³-hybridized carbons (Fsp3) is 0.682. The fourth-order valence-corrected chi connectivity index (χ4v) is 5.10. The summed E-state index contributed by atoms with van der Waals surface area (Å²) in [5.41, 5.74) is 12.1. The Hall–Kier alpha value is -2.45. The maximum atomic E-state index is 14.9. The van der Waals surface area contributed by atoms with E-state index in [1.165, 1.54) is 6.20 Å². The number of hydrogen-bond acceptors (Lipinski definition) is 9. The Morgan fingerprint density at radius 3 is 2.43 bits per heavy atom. The number of nitrogens with one attached hydrogen (secondary N) is 3. The molecule has 13 heteroatoms. The van der Waals surface area contributed by atoms with Crippen molar-refractivity contribution in [3.8, 4) is 0 Å². The molecule has 1 aromatic rings. The van der Waals surface area contributed by atoms with Crippen LogP contribution in [0.15, 0.2) is 12.4 Å². The summed E-state index contributed by atoms with van der Waals surface area (Å²) in [5.74, 6) is -1.94. The van der Waals surface area contributed by atoms with Crippen LogP contribution in [0, 0.1) is 11.7 Å². The number of nitrogens with zero attached hydrogens (tertiary/aromatic N) is 4. The fourth-order valence-electron chi connectivity index (χ4n) is 5.10. The zero-order valence-corrected chi connectivity index (χ0v) is 19.9. The molecule has 1 unspecified atom stereocenters. The van der Waals surface area contributed by atoms with Crippen molar-refractivity contribution in [3.63, 3.8) is 0 Å². The van der Waals surface area contributed by atoms with E-state index in [0.29, 0.717) is 26.2 Å². The molecule has 0 aromatic carbocycles. The number of pyridine rings is 1. The molecule has 35 heavy (non-hydrogen) atoms. The first-order chi connectivity index (χ1) is 16.8. The summed E-state index contributed by atoms with van der Waals surface area (Å²) in [6.07, 6.45) is 1.58. The molecule has 194 valence electrons. The van der Waals surface area contributed by atoms with E-state index in [1.807, 2.05) is 11.9 Å². The molecule has 0 saturated carbocycles. The van der Waals surface area contributed by atoms with Gasteiger partial charge in [0.05, 0.1) is 42.4 Å². The first-order valence-electron chi connectivity index (χ1n) is 12.1. The molecule has 7 N–H and O–H groups in total. The average Bonchev–Trinajstić information content (AvgIpc) is 3.26. The molecular formula is C22H35F2N9O2. The number of nitrogens with two attached hydrogens (primary N) is 2. The number of hydrogen-bond donors (Lipinski definition) is 5. The number of likely N-dealkylation sites (tertiary alicyclic amines) is 1. The quantitative estimate of drug-likeness (QED) is 0.302. The average molecular weight is 496 g/mol. The van der Waals surface area contributed by atoms with Crippen molar-refractivity contribution in [2.75, 3.05) is 63.1 Å². The predicted molar refractivity (Wildman–Crippen MR) is 128 cm³/mol. The van der Waals surface area contributed by atoms with Crippen LogP contribution in [0.5, 0.6) is 0 Å². The van der Waals surface area contributed by atoms with Crippen LogP contribution in [0.2, 0.25) is 0 Å². The van der Waals surface area contributed by atoms with Gasteiger partial charge in [0.1, 0.15) is 11.9 Å². The van der Waals surface area contributed by atoms with Crippen molar-refractivity contribution in [1.29, 1.82) is 0 Å². The third-order valence-corrected chi connectivity index (χ3v) is 7.04. The second kappa shape index (κ2) is 11.1. The molecular weight excluding hydrogens is 460 g/mol. The van der Waals surface area contributed by atoms with E-state index in [2.05, 4.69) is 25.8 Å². The molecule has 1 aromatic heterocycles. The van der Waals surface area contributed by atoms with Gasteiger partial charge in [-0.25, -0.2) is 8.78 Å². The number of likely N-dealkylation sites (N-methyl/N-ethyl adjacent to an activating group) is 1. The van der Waals surface area contributed by atoms with Gasteiger partial charge in [0.25, 0.3) is 0 Å². The first kappa shape index (κ1) is 25.6. The van der Waals surface area contributed by atoms with Crippen molar-refractivity contribution in [2.24, 2.45) is 17.4 Å². The monoisotopic (exact) mass is 495 g/mol. The lowest BCUT2D eigenvalue weighted by atomic mass is 9.99. The van der Waals surface area contributed by atoms with Gasteiger partial charge in [-0.1, -0.05) is 0 Å². The van der Waals surface area contributed by atoms with E-state index in [-0.39, 0.29) is 36.4 Å².